The summed E-state index contributed by atoms with van der Waals surface area (Å²) in [6, 6.07) is 11.9. The zero-order valence-electron chi connectivity index (χ0n) is 15.0. The molecule has 9 nitrogen and oxygen atoms in total. The highest BCUT2D eigenvalue weighted by Crippen LogP contribution is 2.39. The fraction of sp³-hybridized carbons (Fsp3) is 0.100. The van der Waals surface area contributed by atoms with E-state index in [9.17, 15) is 19.7 Å². The van der Waals surface area contributed by atoms with Crippen molar-refractivity contribution in [1.82, 2.24) is 14.5 Å². The molecule has 1 aliphatic rings. The first-order valence-corrected chi connectivity index (χ1v) is 8.68. The minimum atomic E-state index is -1.03. The van der Waals surface area contributed by atoms with E-state index in [-0.39, 0.29) is 22.4 Å². The van der Waals surface area contributed by atoms with Gasteiger partial charge in [-0.1, -0.05) is 18.2 Å². The molecular weight excluding hydrogens is 376 g/mol. The predicted molar refractivity (Wildman–Crippen MR) is 104 cm³/mol. The van der Waals surface area contributed by atoms with Crippen molar-refractivity contribution in [2.45, 2.75) is 6.04 Å². The SMILES string of the molecule is COC(=O)C1c2cc3ccccc3nc2-c2nc3cc([N+](=O)[O-])ccc3c(=O)n21. The molecule has 9 heteroatoms. The lowest BCUT2D eigenvalue weighted by atomic mass is 10.1. The van der Waals surface area contributed by atoms with E-state index in [1.165, 1.54) is 29.9 Å². The number of carbonyl (C=O) groups excluding carboxylic acids is 1. The van der Waals surface area contributed by atoms with Gasteiger partial charge < -0.3 is 4.74 Å². The summed E-state index contributed by atoms with van der Waals surface area (Å²) in [5.74, 6) is -0.439. The summed E-state index contributed by atoms with van der Waals surface area (Å²) in [7, 11) is 1.25. The summed E-state index contributed by atoms with van der Waals surface area (Å²) >= 11 is 0. The Kier molecular flexibility index (Phi) is 3.47. The van der Waals surface area contributed by atoms with Crippen LogP contribution in [0.5, 0.6) is 0 Å². The van der Waals surface area contributed by atoms with E-state index >= 15 is 0 Å². The number of nitrogens with zero attached hydrogens (tertiary/aromatic N) is 4. The highest BCUT2D eigenvalue weighted by molar-refractivity contribution is 5.92. The van der Waals surface area contributed by atoms with Crippen LogP contribution in [-0.2, 0) is 9.53 Å². The van der Waals surface area contributed by atoms with Gasteiger partial charge in [-0.25, -0.2) is 14.8 Å². The Balaban J connectivity index is 1.90. The number of hydrogen-bond acceptors (Lipinski definition) is 7. The van der Waals surface area contributed by atoms with Gasteiger partial charge in [-0.15, -0.1) is 0 Å². The molecule has 0 fully saturated rings. The van der Waals surface area contributed by atoms with Gasteiger partial charge >= 0.3 is 5.97 Å². The van der Waals surface area contributed by atoms with Crippen molar-refractivity contribution in [1.29, 1.82) is 0 Å². The van der Waals surface area contributed by atoms with Gasteiger partial charge in [0.15, 0.2) is 11.9 Å². The molecular formula is C20H12N4O5. The lowest BCUT2D eigenvalue weighted by molar-refractivity contribution is -0.384. The molecule has 4 aromatic rings. The molecule has 2 aromatic heterocycles. The number of methoxy groups -OCH3 is 1. The Bertz CT molecular complexity index is 1430. The number of ether oxygens (including phenoxy) is 1. The summed E-state index contributed by atoms with van der Waals surface area (Å²) in [6.45, 7) is 0. The first kappa shape index (κ1) is 17.0. The number of rotatable bonds is 2. The summed E-state index contributed by atoms with van der Waals surface area (Å²) in [5, 5.41) is 12.1. The van der Waals surface area contributed by atoms with Gasteiger partial charge in [0.25, 0.3) is 11.2 Å². The number of nitro groups is 1. The molecule has 1 atom stereocenters. The number of aromatic nitrogens is 3. The number of pyridine rings is 1. The number of esters is 1. The van der Waals surface area contributed by atoms with Gasteiger partial charge in [0, 0.05) is 23.1 Å². The highest BCUT2D eigenvalue weighted by atomic mass is 16.6. The van der Waals surface area contributed by atoms with Gasteiger partial charge in [0.2, 0.25) is 0 Å². The maximum absolute atomic E-state index is 13.2. The van der Waals surface area contributed by atoms with Crippen LogP contribution in [0.15, 0.2) is 53.3 Å². The molecule has 0 N–H and O–H groups in total. The van der Waals surface area contributed by atoms with Gasteiger partial charge in [0.1, 0.15) is 5.69 Å². The predicted octanol–water partition coefficient (Wildman–Crippen LogP) is 2.60. The van der Waals surface area contributed by atoms with Crippen LogP contribution in [-0.4, -0.2) is 32.5 Å². The minimum absolute atomic E-state index is 0.168. The zero-order chi connectivity index (χ0) is 20.3. The molecule has 0 radical (unpaired) electrons. The standard InChI is InChI=1S/C20H12N4O5/c1-29-20(26)17-13-8-10-4-2-3-5-14(10)21-16(13)18-22-15-9-11(24(27)28)6-7-12(15)19(25)23(17)18/h2-9,17H,1H3. The topological polar surface area (TPSA) is 117 Å². The van der Waals surface area contributed by atoms with Crippen LogP contribution in [0.25, 0.3) is 33.3 Å². The maximum Gasteiger partial charge on any atom is 0.333 e. The van der Waals surface area contributed by atoms with Crippen LogP contribution in [0.1, 0.15) is 11.6 Å². The first-order chi connectivity index (χ1) is 14.0. The fourth-order valence-corrected chi connectivity index (χ4v) is 3.71. The summed E-state index contributed by atoms with van der Waals surface area (Å²) < 4.78 is 6.18. The van der Waals surface area contributed by atoms with E-state index < -0.39 is 22.5 Å². The minimum Gasteiger partial charge on any atom is -0.467 e. The second kappa shape index (κ2) is 5.93. The van der Waals surface area contributed by atoms with E-state index in [1.807, 2.05) is 24.3 Å². The molecule has 0 bridgehead atoms. The fourth-order valence-electron chi connectivity index (χ4n) is 3.71. The molecule has 0 saturated carbocycles. The van der Waals surface area contributed by atoms with Gasteiger partial charge in [-0.05, 0) is 18.2 Å². The number of nitro benzene ring substituents is 1. The largest absolute Gasteiger partial charge is 0.467 e. The Morgan fingerprint density at radius 3 is 2.69 bits per heavy atom. The third kappa shape index (κ3) is 2.34. The van der Waals surface area contributed by atoms with Crippen molar-refractivity contribution >= 4 is 33.5 Å². The number of hydrogen-bond donors (Lipinski definition) is 0. The number of carbonyl (C=O) groups is 1. The average molecular weight is 388 g/mol. The molecule has 0 spiro atoms. The Morgan fingerprint density at radius 2 is 1.93 bits per heavy atom. The van der Waals surface area contributed by atoms with Crippen LogP contribution in [0, 0.1) is 10.1 Å². The van der Waals surface area contributed by atoms with Gasteiger partial charge in [-0.2, -0.15) is 0 Å². The molecule has 1 aliphatic heterocycles. The van der Waals surface area contributed by atoms with Gasteiger partial charge in [-0.3, -0.25) is 19.5 Å². The lowest BCUT2D eigenvalue weighted by Crippen LogP contribution is -2.29. The average Bonchev–Trinajstić information content (AvgIpc) is 3.04. The second-order valence-electron chi connectivity index (χ2n) is 6.61. The van der Waals surface area contributed by atoms with E-state index in [2.05, 4.69) is 9.97 Å². The maximum atomic E-state index is 13.2. The summed E-state index contributed by atoms with van der Waals surface area (Å²) in [6.07, 6.45) is 0. The first-order valence-electron chi connectivity index (χ1n) is 8.68. The van der Waals surface area contributed by atoms with Crippen LogP contribution >= 0.6 is 0 Å². The van der Waals surface area contributed by atoms with Crippen molar-refractivity contribution < 1.29 is 14.5 Å². The van der Waals surface area contributed by atoms with Crippen molar-refractivity contribution in [3.8, 4) is 11.5 Å². The Labute approximate surface area is 162 Å². The molecule has 0 amide bonds. The van der Waals surface area contributed by atoms with Crippen molar-refractivity contribution in [2.75, 3.05) is 7.11 Å². The Morgan fingerprint density at radius 1 is 1.14 bits per heavy atom. The summed E-state index contributed by atoms with van der Waals surface area (Å²) in [5.41, 5.74) is 1.06. The molecule has 2 aromatic carbocycles. The molecule has 3 heterocycles. The van der Waals surface area contributed by atoms with E-state index in [0.717, 1.165) is 5.39 Å². The number of benzene rings is 2. The quantitative estimate of drug-likeness (QED) is 0.294. The lowest BCUT2D eigenvalue weighted by Gasteiger charge is -2.13. The number of para-hydroxylation sites is 1. The highest BCUT2D eigenvalue weighted by Gasteiger charge is 2.38. The summed E-state index contributed by atoms with van der Waals surface area (Å²) in [4.78, 5) is 45.4. The molecule has 5 rings (SSSR count). The molecule has 29 heavy (non-hydrogen) atoms. The van der Waals surface area contributed by atoms with Crippen molar-refractivity contribution in [2.24, 2.45) is 0 Å². The third-order valence-corrected chi connectivity index (χ3v) is 5.04. The van der Waals surface area contributed by atoms with Crippen molar-refractivity contribution in [3.63, 3.8) is 0 Å². The second-order valence-corrected chi connectivity index (χ2v) is 6.61. The van der Waals surface area contributed by atoms with Crippen molar-refractivity contribution in [3.05, 3.63) is 74.6 Å². The van der Waals surface area contributed by atoms with E-state index in [0.29, 0.717) is 16.8 Å². The van der Waals surface area contributed by atoms with Crippen LogP contribution < -0.4 is 5.56 Å². The third-order valence-electron chi connectivity index (χ3n) is 5.04. The van der Waals surface area contributed by atoms with Gasteiger partial charge in [0.05, 0.1) is 28.5 Å². The molecule has 0 aliphatic carbocycles. The Hall–Kier alpha value is -4.14. The normalized spacial score (nSPS) is 14.6. The number of fused-ring (bicyclic) bond motifs is 5. The zero-order valence-corrected chi connectivity index (χ0v) is 15.0. The van der Waals surface area contributed by atoms with E-state index in [1.54, 1.807) is 6.07 Å². The van der Waals surface area contributed by atoms with Crippen LogP contribution in [0.3, 0.4) is 0 Å². The monoisotopic (exact) mass is 388 g/mol. The smallest absolute Gasteiger partial charge is 0.333 e. The molecule has 142 valence electrons. The van der Waals surface area contributed by atoms with Crippen LogP contribution in [0.4, 0.5) is 5.69 Å². The molecule has 1 unspecified atom stereocenters. The number of non-ortho nitro benzene ring substituents is 1. The molecule has 0 saturated heterocycles. The van der Waals surface area contributed by atoms with Crippen LogP contribution in [0.2, 0.25) is 0 Å². The van der Waals surface area contributed by atoms with E-state index in [4.69, 9.17) is 4.74 Å².